The molecule has 2 aromatic carbocycles. The molecule has 0 heterocycles. The smallest absolute Gasteiger partial charge is 0.257 e. The van der Waals surface area contributed by atoms with Crippen LogP contribution in [0.4, 0.5) is 10.1 Å². The van der Waals surface area contributed by atoms with Gasteiger partial charge in [0.2, 0.25) is 0 Å². The van der Waals surface area contributed by atoms with Gasteiger partial charge < -0.3 is 11.1 Å². The number of aryl methyl sites for hydroxylation is 1. The van der Waals surface area contributed by atoms with Gasteiger partial charge in [-0.1, -0.05) is 36.0 Å². The van der Waals surface area contributed by atoms with Gasteiger partial charge in [0.15, 0.2) is 0 Å². The third kappa shape index (κ3) is 3.56. The van der Waals surface area contributed by atoms with Crippen LogP contribution in [0.3, 0.4) is 0 Å². The second kappa shape index (κ2) is 6.20. The van der Waals surface area contributed by atoms with Crippen molar-refractivity contribution < 1.29 is 9.18 Å². The molecule has 0 aliphatic heterocycles. The number of benzene rings is 2. The Hall–Kier alpha value is -1.98. The van der Waals surface area contributed by atoms with Gasteiger partial charge in [-0.05, 0) is 36.8 Å². The van der Waals surface area contributed by atoms with Gasteiger partial charge >= 0.3 is 0 Å². The van der Waals surface area contributed by atoms with E-state index in [-0.39, 0.29) is 15.6 Å². The summed E-state index contributed by atoms with van der Waals surface area (Å²) >= 11 is 10.8. The fourth-order valence-electron chi connectivity index (χ4n) is 1.77. The molecule has 2 rings (SSSR count). The first-order valence-corrected chi connectivity index (χ1v) is 6.84. The number of rotatable bonds is 3. The SMILES string of the molecule is Cc1ccc(C(N)=S)cc1NC(=O)c1ccc(F)cc1Cl. The molecule has 0 bridgehead atoms. The number of amides is 1. The van der Waals surface area contributed by atoms with E-state index >= 15 is 0 Å². The lowest BCUT2D eigenvalue weighted by Crippen LogP contribution is -2.15. The molecule has 6 heteroatoms. The van der Waals surface area contributed by atoms with Crippen LogP contribution in [0.25, 0.3) is 0 Å². The number of halogens is 2. The Kier molecular flexibility index (Phi) is 4.55. The summed E-state index contributed by atoms with van der Waals surface area (Å²) in [5.74, 6) is -0.925. The summed E-state index contributed by atoms with van der Waals surface area (Å²) in [6, 6.07) is 8.87. The molecule has 0 aromatic heterocycles. The van der Waals surface area contributed by atoms with E-state index in [2.05, 4.69) is 5.32 Å². The van der Waals surface area contributed by atoms with Crippen LogP contribution in [0.5, 0.6) is 0 Å². The molecular weight excluding hydrogens is 311 g/mol. The van der Waals surface area contributed by atoms with E-state index in [9.17, 15) is 9.18 Å². The van der Waals surface area contributed by atoms with Crippen LogP contribution in [0.1, 0.15) is 21.5 Å². The molecule has 21 heavy (non-hydrogen) atoms. The first-order valence-electron chi connectivity index (χ1n) is 6.05. The second-order valence-electron chi connectivity index (χ2n) is 4.47. The van der Waals surface area contributed by atoms with Crippen molar-refractivity contribution in [3.05, 3.63) is 63.9 Å². The van der Waals surface area contributed by atoms with Crippen LogP contribution in [0, 0.1) is 12.7 Å². The van der Waals surface area contributed by atoms with E-state index < -0.39 is 11.7 Å². The van der Waals surface area contributed by atoms with E-state index in [1.165, 1.54) is 12.1 Å². The quantitative estimate of drug-likeness (QED) is 0.848. The number of carbonyl (C=O) groups is 1. The topological polar surface area (TPSA) is 55.1 Å². The highest BCUT2D eigenvalue weighted by molar-refractivity contribution is 7.80. The van der Waals surface area contributed by atoms with Crippen LogP contribution in [-0.2, 0) is 0 Å². The summed E-state index contributed by atoms with van der Waals surface area (Å²) in [4.78, 5) is 12.4. The number of hydrogen-bond donors (Lipinski definition) is 2. The maximum absolute atomic E-state index is 13.0. The minimum absolute atomic E-state index is 0.0515. The van der Waals surface area contributed by atoms with Crippen molar-refractivity contribution in [3.63, 3.8) is 0 Å². The Morgan fingerprint density at radius 1 is 1.29 bits per heavy atom. The molecule has 108 valence electrons. The molecule has 3 N–H and O–H groups in total. The van der Waals surface area contributed by atoms with E-state index in [4.69, 9.17) is 29.6 Å². The zero-order valence-electron chi connectivity index (χ0n) is 11.1. The fourth-order valence-corrected chi connectivity index (χ4v) is 2.15. The third-order valence-electron chi connectivity index (χ3n) is 2.95. The first kappa shape index (κ1) is 15.4. The molecule has 3 nitrogen and oxygen atoms in total. The molecule has 0 atom stereocenters. The van der Waals surface area contributed by atoms with Crippen molar-refractivity contribution in [1.82, 2.24) is 0 Å². The van der Waals surface area contributed by atoms with Crippen molar-refractivity contribution in [2.45, 2.75) is 6.92 Å². The van der Waals surface area contributed by atoms with Gasteiger partial charge in [-0.15, -0.1) is 0 Å². The lowest BCUT2D eigenvalue weighted by atomic mass is 10.1. The molecule has 0 fully saturated rings. The average molecular weight is 323 g/mol. The van der Waals surface area contributed by atoms with Gasteiger partial charge in [0.05, 0.1) is 10.6 Å². The number of nitrogens with two attached hydrogens (primary N) is 1. The highest BCUT2D eigenvalue weighted by Crippen LogP contribution is 2.21. The molecule has 0 saturated heterocycles. The van der Waals surface area contributed by atoms with E-state index in [1.807, 2.05) is 6.92 Å². The molecule has 0 radical (unpaired) electrons. The number of nitrogens with one attached hydrogen (secondary N) is 1. The summed E-state index contributed by atoms with van der Waals surface area (Å²) in [6.45, 7) is 1.84. The largest absolute Gasteiger partial charge is 0.389 e. The van der Waals surface area contributed by atoms with E-state index in [0.717, 1.165) is 11.6 Å². The summed E-state index contributed by atoms with van der Waals surface area (Å²) < 4.78 is 13.0. The van der Waals surface area contributed by atoms with Crippen LogP contribution in [-0.4, -0.2) is 10.9 Å². The lowest BCUT2D eigenvalue weighted by Gasteiger charge is -2.11. The molecule has 1 amide bonds. The maximum Gasteiger partial charge on any atom is 0.257 e. The van der Waals surface area contributed by atoms with E-state index in [0.29, 0.717) is 11.3 Å². The van der Waals surface area contributed by atoms with Gasteiger partial charge in [-0.2, -0.15) is 0 Å². The van der Waals surface area contributed by atoms with Gasteiger partial charge in [0.25, 0.3) is 5.91 Å². The summed E-state index contributed by atoms with van der Waals surface area (Å²) in [6.07, 6.45) is 0. The van der Waals surface area contributed by atoms with Gasteiger partial charge in [-0.3, -0.25) is 4.79 Å². The minimum atomic E-state index is -0.497. The van der Waals surface area contributed by atoms with Crippen molar-refractivity contribution in [2.24, 2.45) is 5.73 Å². The molecule has 2 aromatic rings. The normalized spacial score (nSPS) is 10.2. The zero-order chi connectivity index (χ0) is 15.6. The Balaban J connectivity index is 2.31. The lowest BCUT2D eigenvalue weighted by molar-refractivity contribution is 0.102. The highest BCUT2D eigenvalue weighted by atomic mass is 35.5. The van der Waals surface area contributed by atoms with Crippen molar-refractivity contribution in [1.29, 1.82) is 0 Å². The predicted molar refractivity (Wildman–Crippen MR) is 86.4 cm³/mol. The Bertz CT molecular complexity index is 734. The van der Waals surface area contributed by atoms with Crippen molar-refractivity contribution in [3.8, 4) is 0 Å². The first-order chi connectivity index (χ1) is 9.88. The molecule has 0 saturated carbocycles. The average Bonchev–Trinajstić information content (AvgIpc) is 2.40. The van der Waals surface area contributed by atoms with Crippen LogP contribution in [0.2, 0.25) is 5.02 Å². The van der Waals surface area contributed by atoms with Gasteiger partial charge in [0.1, 0.15) is 10.8 Å². The Morgan fingerprint density at radius 2 is 2.00 bits per heavy atom. The number of anilines is 1. The molecule has 0 aliphatic carbocycles. The summed E-state index contributed by atoms with van der Waals surface area (Å²) in [5, 5.41) is 2.77. The predicted octanol–water partition coefficient (Wildman–Crippen LogP) is 3.67. The van der Waals surface area contributed by atoms with E-state index in [1.54, 1.807) is 18.2 Å². The van der Waals surface area contributed by atoms with Crippen molar-refractivity contribution in [2.75, 3.05) is 5.32 Å². The second-order valence-corrected chi connectivity index (χ2v) is 5.32. The molecule has 0 unspecified atom stereocenters. The molecular formula is C15H12ClFN2OS. The molecule has 0 aliphatic rings. The summed E-state index contributed by atoms with van der Waals surface area (Å²) in [5.41, 5.74) is 7.84. The summed E-state index contributed by atoms with van der Waals surface area (Å²) in [7, 11) is 0. The molecule has 0 spiro atoms. The number of hydrogen-bond acceptors (Lipinski definition) is 2. The Labute approximate surface area is 131 Å². The number of thiocarbonyl (C=S) groups is 1. The third-order valence-corrected chi connectivity index (χ3v) is 3.49. The number of carbonyl (C=O) groups excluding carboxylic acids is 1. The van der Waals surface area contributed by atoms with Crippen LogP contribution >= 0.6 is 23.8 Å². The highest BCUT2D eigenvalue weighted by Gasteiger charge is 2.13. The van der Waals surface area contributed by atoms with Crippen LogP contribution in [0.15, 0.2) is 36.4 Å². The Morgan fingerprint density at radius 3 is 2.62 bits per heavy atom. The zero-order valence-corrected chi connectivity index (χ0v) is 12.7. The maximum atomic E-state index is 13.0. The minimum Gasteiger partial charge on any atom is -0.389 e. The van der Waals surface area contributed by atoms with Gasteiger partial charge in [0, 0.05) is 11.3 Å². The monoisotopic (exact) mass is 322 g/mol. The van der Waals surface area contributed by atoms with Gasteiger partial charge in [-0.25, -0.2) is 4.39 Å². The fraction of sp³-hybridized carbons (Fsp3) is 0.0667. The van der Waals surface area contributed by atoms with Crippen LogP contribution < -0.4 is 11.1 Å². The standard InChI is InChI=1S/C15H12ClFN2OS/c1-8-2-3-9(14(18)21)6-13(8)19-15(20)11-5-4-10(17)7-12(11)16/h2-7H,1H3,(H2,18,21)(H,19,20). The van der Waals surface area contributed by atoms with Crippen molar-refractivity contribution >= 4 is 40.4 Å².